The molecule has 0 aliphatic carbocycles. The molecule has 0 aliphatic rings. The zero-order chi connectivity index (χ0) is 37.4. The van der Waals surface area contributed by atoms with Gasteiger partial charge in [0.2, 0.25) is 0 Å². The zero-order valence-electron chi connectivity index (χ0n) is 29.4. The maximum absolute atomic E-state index is 6.58. The number of aromatic nitrogens is 4. The molecule has 0 atom stereocenters. The van der Waals surface area contributed by atoms with Crippen molar-refractivity contribution in [3.63, 3.8) is 0 Å². The van der Waals surface area contributed by atoms with Gasteiger partial charge < -0.3 is 8.98 Å². The number of nitrogens with zero attached hydrogens (tertiary/aromatic N) is 4. The molecule has 244 valence electrons. The number of para-hydroxylation sites is 1. The number of rotatable bonds is 5. The van der Waals surface area contributed by atoms with Crippen LogP contribution in [-0.4, -0.2) is 58.8 Å². The fraction of sp³-hybridized carbons (Fsp3) is 0. The quantitative estimate of drug-likeness (QED) is 0.224. The SMILES string of the molecule is [B]c1c([B])c([B])c(-c2cccc3c2c2ccccc2n3-c2ccc3c(c2)oc2ccc(-c4nc(-c5ccccc5)nc(-c5ccccc5)n4)cc23)c([B])c1[B]. The lowest BCUT2D eigenvalue weighted by molar-refractivity contribution is 0.668. The molecule has 0 amide bonds. The molecule has 10 radical (unpaired) electrons. The second-order valence-corrected chi connectivity index (χ2v) is 13.5. The van der Waals surface area contributed by atoms with Crippen LogP contribution in [0.4, 0.5) is 0 Å². The highest BCUT2D eigenvalue weighted by atomic mass is 16.3. The van der Waals surface area contributed by atoms with E-state index < -0.39 is 0 Å². The molecule has 10 rings (SSSR count). The summed E-state index contributed by atoms with van der Waals surface area (Å²) in [6.45, 7) is 0. The van der Waals surface area contributed by atoms with Crippen LogP contribution in [0.15, 0.2) is 144 Å². The van der Waals surface area contributed by atoms with Crippen molar-refractivity contribution in [3.05, 3.63) is 140 Å². The average Bonchev–Trinajstić information content (AvgIpc) is 3.78. The van der Waals surface area contributed by atoms with Gasteiger partial charge in [-0.05, 0) is 53.6 Å². The van der Waals surface area contributed by atoms with Crippen molar-refractivity contribution in [1.82, 2.24) is 19.5 Å². The molecule has 3 aromatic heterocycles. The third-order valence-electron chi connectivity index (χ3n) is 10.3. The van der Waals surface area contributed by atoms with Gasteiger partial charge in [-0.15, -0.1) is 16.4 Å². The van der Waals surface area contributed by atoms with Crippen LogP contribution < -0.4 is 27.3 Å². The van der Waals surface area contributed by atoms with Crippen LogP contribution in [0.25, 0.3) is 94.7 Å². The van der Waals surface area contributed by atoms with Gasteiger partial charge in [0, 0.05) is 50.0 Å². The normalized spacial score (nSPS) is 11.6. The van der Waals surface area contributed by atoms with E-state index in [4.69, 9.17) is 58.6 Å². The van der Waals surface area contributed by atoms with Gasteiger partial charge in [-0.3, -0.25) is 0 Å². The van der Waals surface area contributed by atoms with E-state index in [1.54, 1.807) is 0 Å². The second-order valence-electron chi connectivity index (χ2n) is 13.5. The second kappa shape index (κ2) is 12.8. The van der Waals surface area contributed by atoms with E-state index in [-0.39, 0.29) is 16.4 Å². The largest absolute Gasteiger partial charge is 0.456 e. The smallest absolute Gasteiger partial charge is 0.164 e. The highest BCUT2D eigenvalue weighted by Gasteiger charge is 2.21. The van der Waals surface area contributed by atoms with Crippen molar-refractivity contribution in [2.75, 3.05) is 0 Å². The van der Waals surface area contributed by atoms with Crippen LogP contribution in [0.1, 0.15) is 0 Å². The fourth-order valence-corrected chi connectivity index (χ4v) is 7.63. The van der Waals surface area contributed by atoms with Gasteiger partial charge in [-0.25, -0.2) is 15.0 Å². The van der Waals surface area contributed by atoms with E-state index in [0.29, 0.717) is 34.0 Å². The summed E-state index contributed by atoms with van der Waals surface area (Å²) in [7, 11) is 32.0. The standard InChI is InChI=1S/C45H23B5N4O/c46-38-37(39(47)41(49)42(50)40(38)48)30-15-9-17-33-36(30)29-14-7-8-16-32(29)54(33)27-19-20-28-31-22-26(18-21-34(31)55-35(28)23-27)45-52-43(24-10-3-1-4-11-24)51-44(53-45)25-12-5-2-6-13-25/h1-23H. The molecule has 3 heterocycles. The Kier molecular flexibility index (Phi) is 7.70. The van der Waals surface area contributed by atoms with Crippen molar-refractivity contribution >= 4 is 110 Å². The summed E-state index contributed by atoms with van der Waals surface area (Å²) in [6, 6.07) is 46.5. The van der Waals surface area contributed by atoms with Crippen LogP contribution in [0.3, 0.4) is 0 Å². The fourth-order valence-electron chi connectivity index (χ4n) is 7.63. The first-order valence-electron chi connectivity index (χ1n) is 17.7. The molecule has 0 unspecified atom stereocenters. The molecule has 7 aromatic carbocycles. The van der Waals surface area contributed by atoms with Gasteiger partial charge in [-0.2, -0.15) is 0 Å². The van der Waals surface area contributed by atoms with E-state index in [1.165, 1.54) is 0 Å². The lowest BCUT2D eigenvalue weighted by atomic mass is 9.59. The third kappa shape index (κ3) is 5.27. The minimum Gasteiger partial charge on any atom is -0.456 e. The van der Waals surface area contributed by atoms with Gasteiger partial charge in [0.25, 0.3) is 0 Å². The molecule has 55 heavy (non-hydrogen) atoms. The van der Waals surface area contributed by atoms with E-state index in [2.05, 4.69) is 47.0 Å². The first kappa shape index (κ1) is 33.1. The summed E-state index contributed by atoms with van der Waals surface area (Å²) in [5.74, 6) is 1.79. The Morgan fingerprint density at radius 3 is 1.67 bits per heavy atom. The topological polar surface area (TPSA) is 56.7 Å². The monoisotopic (exact) mass is 690 g/mol. The van der Waals surface area contributed by atoms with Crippen LogP contribution in [0.5, 0.6) is 0 Å². The van der Waals surface area contributed by atoms with Crippen molar-refractivity contribution in [3.8, 4) is 51.0 Å². The molecule has 0 saturated heterocycles. The van der Waals surface area contributed by atoms with E-state index in [9.17, 15) is 0 Å². The Hall–Kier alpha value is -6.53. The number of hydrogen-bond acceptors (Lipinski definition) is 4. The molecule has 0 bridgehead atoms. The number of fused-ring (bicyclic) bond motifs is 6. The van der Waals surface area contributed by atoms with Crippen LogP contribution in [-0.2, 0) is 0 Å². The Bertz CT molecular complexity index is 3070. The average molecular weight is 690 g/mol. The number of furan rings is 1. The van der Waals surface area contributed by atoms with Gasteiger partial charge in [0.15, 0.2) is 17.5 Å². The molecule has 0 N–H and O–H groups in total. The summed E-state index contributed by atoms with van der Waals surface area (Å²) in [6.07, 6.45) is 0. The molecule has 0 saturated carbocycles. The predicted octanol–water partition coefficient (Wildman–Crippen LogP) is 5.51. The van der Waals surface area contributed by atoms with Crippen LogP contribution in [0.2, 0.25) is 0 Å². The lowest BCUT2D eigenvalue weighted by Gasteiger charge is -2.22. The number of benzene rings is 7. The van der Waals surface area contributed by atoms with Gasteiger partial charge in [0.05, 0.1) is 11.0 Å². The van der Waals surface area contributed by atoms with Crippen molar-refractivity contribution < 1.29 is 4.42 Å². The summed E-state index contributed by atoms with van der Waals surface area (Å²) in [5, 5.41) is 3.89. The van der Waals surface area contributed by atoms with E-state index in [0.717, 1.165) is 71.7 Å². The minimum atomic E-state index is 0.182. The first-order valence-corrected chi connectivity index (χ1v) is 17.7. The molecular weight excluding hydrogens is 667 g/mol. The van der Waals surface area contributed by atoms with Crippen molar-refractivity contribution in [2.24, 2.45) is 0 Å². The highest BCUT2D eigenvalue weighted by Crippen LogP contribution is 2.39. The first-order chi connectivity index (χ1) is 26.9. The molecule has 10 aromatic rings. The zero-order valence-corrected chi connectivity index (χ0v) is 29.4. The highest BCUT2D eigenvalue weighted by molar-refractivity contribution is 6.69. The molecular formula is C45H23B5N4O. The molecule has 0 fully saturated rings. The van der Waals surface area contributed by atoms with Gasteiger partial charge in [0.1, 0.15) is 50.4 Å². The van der Waals surface area contributed by atoms with Gasteiger partial charge >= 0.3 is 0 Å². The summed E-state index contributed by atoms with van der Waals surface area (Å²) in [5.41, 5.74) is 9.60. The van der Waals surface area contributed by atoms with Crippen molar-refractivity contribution in [1.29, 1.82) is 0 Å². The maximum Gasteiger partial charge on any atom is 0.164 e. The minimum absolute atomic E-state index is 0.182. The Labute approximate surface area is 323 Å². The molecule has 0 aliphatic heterocycles. The molecule has 5 nitrogen and oxygen atoms in total. The third-order valence-corrected chi connectivity index (χ3v) is 10.3. The van der Waals surface area contributed by atoms with E-state index >= 15 is 0 Å². The van der Waals surface area contributed by atoms with Crippen LogP contribution in [0, 0.1) is 0 Å². The molecule has 0 spiro atoms. The van der Waals surface area contributed by atoms with Gasteiger partial charge in [-0.1, -0.05) is 102 Å². The summed E-state index contributed by atoms with van der Waals surface area (Å²) >= 11 is 0. The Morgan fingerprint density at radius 2 is 1.00 bits per heavy atom. The summed E-state index contributed by atoms with van der Waals surface area (Å²) < 4.78 is 8.73. The maximum atomic E-state index is 6.58. The van der Waals surface area contributed by atoms with E-state index in [1.807, 2.05) is 97.1 Å². The van der Waals surface area contributed by atoms with Crippen LogP contribution >= 0.6 is 0 Å². The van der Waals surface area contributed by atoms with Crippen molar-refractivity contribution in [2.45, 2.75) is 0 Å². The number of hydrogen-bond donors (Lipinski definition) is 0. The predicted molar refractivity (Wildman–Crippen MR) is 230 cm³/mol. The lowest BCUT2D eigenvalue weighted by Crippen LogP contribution is -2.55. The Morgan fingerprint density at radius 1 is 0.418 bits per heavy atom. The Balaban J connectivity index is 1.13. The summed E-state index contributed by atoms with van der Waals surface area (Å²) in [4.78, 5) is 14.7. The molecule has 10 heteroatoms.